The van der Waals surface area contributed by atoms with Gasteiger partial charge < -0.3 is 5.32 Å². The van der Waals surface area contributed by atoms with Crippen molar-refractivity contribution in [3.8, 4) is 11.4 Å². The van der Waals surface area contributed by atoms with Gasteiger partial charge in [-0.3, -0.25) is 9.97 Å². The Kier molecular flexibility index (Phi) is 4.84. The molecule has 0 spiro atoms. The van der Waals surface area contributed by atoms with E-state index in [0.717, 1.165) is 11.8 Å². The molecule has 0 saturated carbocycles. The predicted octanol–water partition coefficient (Wildman–Crippen LogP) is 5.03. The molecule has 4 rings (SSSR count). The first-order valence-electron chi connectivity index (χ1n) is 8.86. The van der Waals surface area contributed by atoms with E-state index < -0.39 is 11.7 Å². The number of halogens is 3. The number of hydrogen-bond acceptors (Lipinski definition) is 5. The van der Waals surface area contributed by atoms with Crippen LogP contribution in [0.2, 0.25) is 0 Å². The van der Waals surface area contributed by atoms with Gasteiger partial charge in [-0.25, -0.2) is 9.97 Å². The minimum Gasteiger partial charge on any atom is -0.364 e. The second kappa shape index (κ2) is 7.46. The van der Waals surface area contributed by atoms with E-state index in [1.54, 1.807) is 24.5 Å². The fourth-order valence-electron chi connectivity index (χ4n) is 2.94. The van der Waals surface area contributed by atoms with Crippen LogP contribution in [0.4, 0.5) is 19.0 Å². The van der Waals surface area contributed by atoms with Gasteiger partial charge in [-0.2, -0.15) is 13.2 Å². The molecule has 0 unspecified atom stereocenters. The quantitative estimate of drug-likeness (QED) is 0.525. The van der Waals surface area contributed by atoms with Crippen LogP contribution in [0.3, 0.4) is 0 Å². The van der Waals surface area contributed by atoms with Crippen molar-refractivity contribution in [2.45, 2.75) is 19.6 Å². The van der Waals surface area contributed by atoms with E-state index in [9.17, 15) is 13.2 Å². The zero-order valence-electron chi connectivity index (χ0n) is 15.4. The number of alkyl halides is 3. The molecule has 8 heteroatoms. The van der Waals surface area contributed by atoms with Crippen LogP contribution < -0.4 is 5.32 Å². The standard InChI is InChI=1S/C21H16F3N5/c1-13-10-26-14(11-25-13)12-27-19-16-7-3-5-9-18(16)28-20(29-19)15-6-2-4-8-17(15)21(22,23)24/h2-11H,12H2,1H3,(H,27,28,29). The van der Waals surface area contributed by atoms with Crippen molar-refractivity contribution in [1.29, 1.82) is 0 Å². The number of anilines is 1. The summed E-state index contributed by atoms with van der Waals surface area (Å²) in [5.41, 5.74) is 1.20. The maximum absolute atomic E-state index is 13.5. The first kappa shape index (κ1) is 18.8. The van der Waals surface area contributed by atoms with Crippen molar-refractivity contribution in [3.63, 3.8) is 0 Å². The van der Waals surface area contributed by atoms with E-state index in [2.05, 4.69) is 25.3 Å². The third-order valence-corrected chi connectivity index (χ3v) is 4.35. The van der Waals surface area contributed by atoms with E-state index in [1.807, 2.05) is 19.1 Å². The zero-order valence-corrected chi connectivity index (χ0v) is 15.4. The molecule has 0 aliphatic heterocycles. The summed E-state index contributed by atoms with van der Waals surface area (Å²) in [7, 11) is 0. The Morgan fingerprint density at radius 2 is 1.66 bits per heavy atom. The summed E-state index contributed by atoms with van der Waals surface area (Å²) in [6, 6.07) is 12.5. The second-order valence-corrected chi connectivity index (χ2v) is 6.46. The normalized spacial score (nSPS) is 11.6. The maximum atomic E-state index is 13.5. The highest BCUT2D eigenvalue weighted by atomic mass is 19.4. The molecule has 0 amide bonds. The Balaban J connectivity index is 1.78. The summed E-state index contributed by atoms with van der Waals surface area (Å²) in [6.07, 6.45) is -1.21. The van der Waals surface area contributed by atoms with Crippen molar-refractivity contribution in [3.05, 3.63) is 77.9 Å². The van der Waals surface area contributed by atoms with Crippen LogP contribution in [0.25, 0.3) is 22.3 Å². The lowest BCUT2D eigenvalue weighted by Crippen LogP contribution is -2.10. The third-order valence-electron chi connectivity index (χ3n) is 4.35. The van der Waals surface area contributed by atoms with Gasteiger partial charge >= 0.3 is 6.18 Å². The van der Waals surface area contributed by atoms with Gasteiger partial charge in [-0.15, -0.1) is 0 Å². The number of aryl methyl sites for hydroxylation is 1. The van der Waals surface area contributed by atoms with Crippen LogP contribution in [0.15, 0.2) is 60.9 Å². The average molecular weight is 395 g/mol. The molecular formula is C21H16F3N5. The van der Waals surface area contributed by atoms with E-state index >= 15 is 0 Å². The molecule has 0 saturated heterocycles. The molecule has 2 heterocycles. The van der Waals surface area contributed by atoms with Gasteiger partial charge in [0.2, 0.25) is 0 Å². The molecule has 4 aromatic rings. The number of para-hydroxylation sites is 1. The largest absolute Gasteiger partial charge is 0.417 e. The van der Waals surface area contributed by atoms with Gasteiger partial charge in [-0.1, -0.05) is 30.3 Å². The lowest BCUT2D eigenvalue weighted by Gasteiger charge is -2.14. The van der Waals surface area contributed by atoms with Crippen molar-refractivity contribution in [2.75, 3.05) is 5.32 Å². The van der Waals surface area contributed by atoms with Crippen LogP contribution in [0.1, 0.15) is 17.0 Å². The number of hydrogen-bond donors (Lipinski definition) is 1. The smallest absolute Gasteiger partial charge is 0.364 e. The van der Waals surface area contributed by atoms with E-state index in [-0.39, 0.29) is 11.4 Å². The maximum Gasteiger partial charge on any atom is 0.417 e. The zero-order chi connectivity index (χ0) is 20.4. The number of nitrogens with one attached hydrogen (secondary N) is 1. The Labute approximate surface area is 164 Å². The summed E-state index contributed by atoms with van der Waals surface area (Å²) in [5, 5.41) is 3.87. The van der Waals surface area contributed by atoms with Gasteiger partial charge in [0.15, 0.2) is 5.82 Å². The molecule has 0 aliphatic carbocycles. The molecule has 2 aromatic carbocycles. The first-order chi connectivity index (χ1) is 13.9. The molecule has 5 nitrogen and oxygen atoms in total. The topological polar surface area (TPSA) is 63.6 Å². The van der Waals surface area contributed by atoms with Gasteiger partial charge in [0.05, 0.1) is 35.2 Å². The van der Waals surface area contributed by atoms with Crippen LogP contribution >= 0.6 is 0 Å². The Morgan fingerprint density at radius 1 is 0.897 bits per heavy atom. The number of benzene rings is 2. The predicted molar refractivity (Wildman–Crippen MR) is 104 cm³/mol. The molecule has 146 valence electrons. The van der Waals surface area contributed by atoms with Crippen LogP contribution in [-0.4, -0.2) is 19.9 Å². The monoisotopic (exact) mass is 395 g/mol. The molecule has 0 bridgehead atoms. The summed E-state index contributed by atoms with van der Waals surface area (Å²) in [4.78, 5) is 17.3. The van der Waals surface area contributed by atoms with Crippen LogP contribution in [0.5, 0.6) is 0 Å². The van der Waals surface area contributed by atoms with E-state index in [1.165, 1.54) is 18.2 Å². The Bertz CT molecular complexity index is 1160. The molecule has 29 heavy (non-hydrogen) atoms. The summed E-state index contributed by atoms with van der Waals surface area (Å²) in [5.74, 6) is 0.444. The Morgan fingerprint density at radius 3 is 2.41 bits per heavy atom. The number of nitrogens with zero attached hydrogens (tertiary/aromatic N) is 4. The van der Waals surface area contributed by atoms with Gasteiger partial charge in [-0.05, 0) is 25.1 Å². The highest BCUT2D eigenvalue weighted by Gasteiger charge is 2.34. The second-order valence-electron chi connectivity index (χ2n) is 6.46. The molecule has 0 radical (unpaired) electrons. The molecule has 1 N–H and O–H groups in total. The average Bonchev–Trinajstić information content (AvgIpc) is 2.72. The number of aromatic nitrogens is 4. The SMILES string of the molecule is Cc1cnc(CNc2nc(-c3ccccc3C(F)(F)F)nc3ccccc23)cn1. The number of rotatable bonds is 4. The minimum atomic E-state index is -4.50. The van der Waals surface area contributed by atoms with Crippen molar-refractivity contribution in [2.24, 2.45) is 0 Å². The lowest BCUT2D eigenvalue weighted by molar-refractivity contribution is -0.137. The third kappa shape index (κ3) is 4.01. The van der Waals surface area contributed by atoms with Crippen molar-refractivity contribution < 1.29 is 13.2 Å². The molecule has 0 aliphatic rings. The number of fused-ring (bicyclic) bond motifs is 1. The molecule has 0 atom stereocenters. The van der Waals surface area contributed by atoms with E-state index in [0.29, 0.717) is 29.0 Å². The summed E-state index contributed by atoms with van der Waals surface area (Å²) < 4.78 is 40.4. The summed E-state index contributed by atoms with van der Waals surface area (Å²) in [6.45, 7) is 2.17. The van der Waals surface area contributed by atoms with Gasteiger partial charge in [0.25, 0.3) is 0 Å². The summed E-state index contributed by atoms with van der Waals surface area (Å²) >= 11 is 0. The Hall–Kier alpha value is -3.55. The first-order valence-corrected chi connectivity index (χ1v) is 8.86. The molecular weight excluding hydrogens is 379 g/mol. The van der Waals surface area contributed by atoms with Gasteiger partial charge in [0.1, 0.15) is 5.82 Å². The fourth-order valence-corrected chi connectivity index (χ4v) is 2.94. The van der Waals surface area contributed by atoms with Crippen molar-refractivity contribution in [1.82, 2.24) is 19.9 Å². The fraction of sp³-hybridized carbons (Fsp3) is 0.143. The van der Waals surface area contributed by atoms with E-state index in [4.69, 9.17) is 0 Å². The van der Waals surface area contributed by atoms with Crippen LogP contribution in [0, 0.1) is 6.92 Å². The molecule has 2 aromatic heterocycles. The molecule has 0 fully saturated rings. The van der Waals surface area contributed by atoms with Crippen LogP contribution in [-0.2, 0) is 12.7 Å². The highest BCUT2D eigenvalue weighted by molar-refractivity contribution is 5.90. The lowest BCUT2D eigenvalue weighted by atomic mass is 10.1. The van der Waals surface area contributed by atoms with Crippen molar-refractivity contribution >= 4 is 16.7 Å². The minimum absolute atomic E-state index is 0.00844. The highest BCUT2D eigenvalue weighted by Crippen LogP contribution is 2.36. The van der Waals surface area contributed by atoms with Gasteiger partial charge in [0, 0.05) is 17.1 Å².